The smallest absolute Gasteiger partial charge is 0.145 e. The van der Waals surface area contributed by atoms with Crippen molar-refractivity contribution in [3.63, 3.8) is 0 Å². The molecule has 0 aromatic heterocycles. The predicted octanol–water partition coefficient (Wildman–Crippen LogP) is 5.80. The first-order chi connectivity index (χ1) is 10.0. The molecular formula is C15H13BrCl2FNO. The molecule has 2 aromatic carbocycles. The van der Waals surface area contributed by atoms with Gasteiger partial charge in [0.1, 0.15) is 17.3 Å². The molecule has 0 saturated carbocycles. The first kappa shape index (κ1) is 16.6. The van der Waals surface area contributed by atoms with Crippen molar-refractivity contribution in [2.24, 2.45) is 0 Å². The van der Waals surface area contributed by atoms with Crippen LogP contribution in [-0.2, 0) is 6.54 Å². The summed E-state index contributed by atoms with van der Waals surface area (Å²) in [6.45, 7) is 3.45. The third kappa shape index (κ3) is 4.33. The molecule has 0 heterocycles. The molecule has 0 aliphatic rings. The molecule has 0 atom stereocenters. The van der Waals surface area contributed by atoms with E-state index >= 15 is 0 Å². The normalized spacial score (nSPS) is 10.7. The Kier molecular flexibility index (Phi) is 5.88. The van der Waals surface area contributed by atoms with Crippen LogP contribution in [0.5, 0.6) is 11.5 Å². The van der Waals surface area contributed by atoms with Crippen LogP contribution in [0.4, 0.5) is 4.39 Å². The highest BCUT2D eigenvalue weighted by Gasteiger charge is 2.11. The zero-order valence-electron chi connectivity index (χ0n) is 11.2. The van der Waals surface area contributed by atoms with Gasteiger partial charge in [-0.1, -0.05) is 30.1 Å². The second-order valence-corrected chi connectivity index (χ2v) is 6.03. The lowest BCUT2D eigenvalue weighted by molar-refractivity contribution is 0.465. The van der Waals surface area contributed by atoms with Gasteiger partial charge in [-0.3, -0.25) is 0 Å². The highest BCUT2D eigenvalue weighted by molar-refractivity contribution is 9.10. The third-order valence-corrected chi connectivity index (χ3v) is 3.93. The zero-order valence-corrected chi connectivity index (χ0v) is 14.3. The largest absolute Gasteiger partial charge is 0.456 e. The van der Waals surface area contributed by atoms with Gasteiger partial charge in [-0.2, -0.15) is 0 Å². The Bertz CT molecular complexity index is 652. The van der Waals surface area contributed by atoms with Crippen LogP contribution in [0.3, 0.4) is 0 Å². The fraction of sp³-hybridized carbons (Fsp3) is 0.200. The molecule has 0 aliphatic heterocycles. The lowest BCUT2D eigenvalue weighted by Gasteiger charge is -2.13. The van der Waals surface area contributed by atoms with Gasteiger partial charge in [0.2, 0.25) is 0 Å². The summed E-state index contributed by atoms with van der Waals surface area (Å²) in [6.07, 6.45) is 0. The molecule has 0 aliphatic carbocycles. The van der Waals surface area contributed by atoms with E-state index in [4.69, 9.17) is 27.9 Å². The van der Waals surface area contributed by atoms with Crippen molar-refractivity contribution >= 4 is 39.1 Å². The van der Waals surface area contributed by atoms with Gasteiger partial charge in [0.15, 0.2) is 0 Å². The molecule has 21 heavy (non-hydrogen) atoms. The van der Waals surface area contributed by atoms with Gasteiger partial charge in [-0.25, -0.2) is 4.39 Å². The number of halogens is 4. The highest BCUT2D eigenvalue weighted by atomic mass is 79.9. The quantitative estimate of drug-likeness (QED) is 0.649. The minimum atomic E-state index is -0.530. The molecular weight excluding hydrogens is 380 g/mol. The van der Waals surface area contributed by atoms with E-state index in [-0.39, 0.29) is 5.02 Å². The molecule has 0 amide bonds. The van der Waals surface area contributed by atoms with Crippen molar-refractivity contribution < 1.29 is 9.13 Å². The maximum absolute atomic E-state index is 13.6. The monoisotopic (exact) mass is 391 g/mol. The van der Waals surface area contributed by atoms with Crippen LogP contribution in [0, 0.1) is 5.82 Å². The summed E-state index contributed by atoms with van der Waals surface area (Å²) in [6, 6.07) is 8.02. The number of benzene rings is 2. The Morgan fingerprint density at radius 2 is 1.95 bits per heavy atom. The molecule has 0 saturated heterocycles. The third-order valence-electron chi connectivity index (χ3n) is 2.78. The lowest BCUT2D eigenvalue weighted by Crippen LogP contribution is -2.12. The molecule has 2 nitrogen and oxygen atoms in total. The summed E-state index contributed by atoms with van der Waals surface area (Å²) >= 11 is 15.0. The molecule has 0 radical (unpaired) electrons. The minimum absolute atomic E-state index is 0.0400. The summed E-state index contributed by atoms with van der Waals surface area (Å²) in [7, 11) is 0. The Balaban J connectivity index is 2.32. The van der Waals surface area contributed by atoms with Crippen molar-refractivity contribution in [3.05, 3.63) is 56.2 Å². The molecule has 2 rings (SSSR count). The Morgan fingerprint density at radius 1 is 1.19 bits per heavy atom. The van der Waals surface area contributed by atoms with E-state index in [9.17, 15) is 4.39 Å². The van der Waals surface area contributed by atoms with Crippen LogP contribution < -0.4 is 10.1 Å². The van der Waals surface area contributed by atoms with Crippen molar-refractivity contribution in [1.82, 2.24) is 5.32 Å². The summed E-state index contributed by atoms with van der Waals surface area (Å²) in [5.74, 6) is 0.441. The summed E-state index contributed by atoms with van der Waals surface area (Å²) in [5, 5.41) is 3.87. The van der Waals surface area contributed by atoms with Crippen LogP contribution in [0.15, 0.2) is 34.8 Å². The zero-order chi connectivity index (χ0) is 15.4. The van der Waals surface area contributed by atoms with E-state index < -0.39 is 5.82 Å². The van der Waals surface area contributed by atoms with E-state index in [1.54, 1.807) is 12.1 Å². The number of hydrogen-bond donors (Lipinski definition) is 1. The lowest BCUT2D eigenvalue weighted by atomic mass is 10.2. The average molecular weight is 393 g/mol. The molecule has 0 spiro atoms. The van der Waals surface area contributed by atoms with E-state index in [1.807, 2.05) is 13.0 Å². The first-order valence-electron chi connectivity index (χ1n) is 6.32. The van der Waals surface area contributed by atoms with Crippen LogP contribution in [0.25, 0.3) is 0 Å². The van der Waals surface area contributed by atoms with Crippen molar-refractivity contribution in [3.8, 4) is 11.5 Å². The molecule has 0 bridgehead atoms. The first-order valence-corrected chi connectivity index (χ1v) is 7.87. The molecule has 112 valence electrons. The average Bonchev–Trinajstić information content (AvgIpc) is 2.44. The van der Waals surface area contributed by atoms with Gasteiger partial charge >= 0.3 is 0 Å². The number of rotatable bonds is 5. The van der Waals surface area contributed by atoms with Gasteiger partial charge in [0, 0.05) is 23.2 Å². The predicted molar refractivity (Wildman–Crippen MR) is 88.0 cm³/mol. The van der Waals surface area contributed by atoms with Crippen LogP contribution in [0.1, 0.15) is 12.5 Å². The van der Waals surface area contributed by atoms with Gasteiger partial charge in [-0.15, -0.1) is 0 Å². The molecule has 1 N–H and O–H groups in total. The minimum Gasteiger partial charge on any atom is -0.456 e. The fourth-order valence-corrected chi connectivity index (χ4v) is 2.66. The van der Waals surface area contributed by atoms with Crippen LogP contribution in [0.2, 0.25) is 10.0 Å². The highest BCUT2D eigenvalue weighted by Crippen LogP contribution is 2.35. The molecule has 0 unspecified atom stereocenters. The second-order valence-electron chi connectivity index (χ2n) is 4.33. The number of ether oxygens (including phenoxy) is 1. The Hall–Kier alpha value is -0.810. The van der Waals surface area contributed by atoms with Crippen LogP contribution >= 0.6 is 39.1 Å². The van der Waals surface area contributed by atoms with E-state index in [0.29, 0.717) is 27.5 Å². The number of hydrogen-bond acceptors (Lipinski definition) is 2. The van der Waals surface area contributed by atoms with Crippen molar-refractivity contribution in [2.75, 3.05) is 6.54 Å². The summed E-state index contributed by atoms with van der Waals surface area (Å²) < 4.78 is 19.9. The topological polar surface area (TPSA) is 21.3 Å². The summed E-state index contributed by atoms with van der Waals surface area (Å²) in [5.41, 5.74) is 0.895. The maximum atomic E-state index is 13.6. The SMILES string of the molecule is CCNCc1cc(Cl)ccc1Oc1cc(F)c(Cl)cc1Br. The maximum Gasteiger partial charge on any atom is 0.145 e. The second kappa shape index (κ2) is 7.45. The molecule has 2 aromatic rings. The molecule has 0 fully saturated rings. The molecule has 6 heteroatoms. The fourth-order valence-electron chi connectivity index (χ4n) is 1.75. The van der Waals surface area contributed by atoms with E-state index in [0.717, 1.165) is 12.1 Å². The van der Waals surface area contributed by atoms with Gasteiger partial charge in [-0.05, 0) is 46.7 Å². The van der Waals surface area contributed by atoms with Gasteiger partial charge in [0.25, 0.3) is 0 Å². The van der Waals surface area contributed by atoms with Crippen LogP contribution in [-0.4, -0.2) is 6.54 Å². The standard InChI is InChI=1S/C15H13BrCl2FNO/c1-2-20-8-9-5-10(17)3-4-14(9)21-15-7-13(19)12(18)6-11(15)16/h3-7,20H,2,8H2,1H3. The van der Waals surface area contributed by atoms with E-state index in [2.05, 4.69) is 21.2 Å². The van der Waals surface area contributed by atoms with E-state index in [1.165, 1.54) is 12.1 Å². The van der Waals surface area contributed by atoms with Gasteiger partial charge in [0.05, 0.1) is 9.50 Å². The van der Waals surface area contributed by atoms with Gasteiger partial charge < -0.3 is 10.1 Å². The number of nitrogens with one attached hydrogen (secondary N) is 1. The van der Waals surface area contributed by atoms with Crippen molar-refractivity contribution in [2.45, 2.75) is 13.5 Å². The Morgan fingerprint density at radius 3 is 2.67 bits per heavy atom. The Labute approximate surface area is 141 Å². The van der Waals surface area contributed by atoms with Crippen molar-refractivity contribution in [1.29, 1.82) is 0 Å². The summed E-state index contributed by atoms with van der Waals surface area (Å²) in [4.78, 5) is 0.